The van der Waals surface area contributed by atoms with Crippen molar-refractivity contribution in [1.82, 2.24) is 9.55 Å². The van der Waals surface area contributed by atoms with E-state index in [1.54, 1.807) is 6.08 Å². The van der Waals surface area contributed by atoms with Crippen LogP contribution in [0.4, 0.5) is 5.95 Å². The van der Waals surface area contributed by atoms with Gasteiger partial charge in [-0.05, 0) is 31.0 Å². The zero-order valence-electron chi connectivity index (χ0n) is 21.5. The molecule has 4 aromatic rings. The number of carbonyl (C=O) groups excluding carboxylic acids is 1. The molecular weight excluding hydrogens is 462 g/mol. The molecule has 6 heteroatoms. The molecular formula is C31H35N3O3. The predicted octanol–water partition coefficient (Wildman–Crippen LogP) is 6.58. The summed E-state index contributed by atoms with van der Waals surface area (Å²) in [4.78, 5) is 15.1. The van der Waals surface area contributed by atoms with Crippen molar-refractivity contribution >= 4 is 12.2 Å². The fraction of sp³-hybridized carbons (Fsp3) is 0.226. The number of aldehydes is 1. The Morgan fingerprint density at radius 3 is 2.14 bits per heavy atom. The summed E-state index contributed by atoms with van der Waals surface area (Å²) in [5.74, 6) is 0.838. The van der Waals surface area contributed by atoms with Gasteiger partial charge in [0.25, 0.3) is 0 Å². The van der Waals surface area contributed by atoms with Crippen LogP contribution < -0.4 is 5.32 Å². The summed E-state index contributed by atoms with van der Waals surface area (Å²) in [5, 5.41) is 3.14. The zero-order valence-corrected chi connectivity index (χ0v) is 21.5. The van der Waals surface area contributed by atoms with E-state index in [2.05, 4.69) is 51.9 Å². The van der Waals surface area contributed by atoms with Gasteiger partial charge in [0.05, 0.1) is 18.9 Å². The second-order valence-corrected chi connectivity index (χ2v) is 8.25. The van der Waals surface area contributed by atoms with Crippen molar-refractivity contribution in [3.05, 3.63) is 115 Å². The van der Waals surface area contributed by atoms with Gasteiger partial charge in [0.15, 0.2) is 6.29 Å². The Morgan fingerprint density at radius 2 is 1.57 bits per heavy atom. The fourth-order valence-electron chi connectivity index (χ4n) is 3.71. The standard InChI is InChI=1S/C16H15N3.C12H14O3.C3H6/c1-17-16-18-15(13-8-4-2-5-9-13)12-19(16)14-10-6-3-7-11-14;13-9-11-3-1-10(2-4-11)5-6-12-14-7-8-15-12;1-3-2/h2-12H,1H3,(H,17,18);1-4,9,12H,5-8H2;3H,1H2,2H3. The van der Waals surface area contributed by atoms with E-state index in [1.807, 2.05) is 74.6 Å². The number of benzene rings is 3. The topological polar surface area (TPSA) is 65.4 Å². The molecule has 0 unspecified atom stereocenters. The first-order chi connectivity index (χ1) is 18.2. The minimum atomic E-state index is -0.0456. The minimum absolute atomic E-state index is 0.0456. The quantitative estimate of drug-likeness (QED) is 0.231. The summed E-state index contributed by atoms with van der Waals surface area (Å²) in [6.45, 7) is 6.66. The van der Waals surface area contributed by atoms with E-state index >= 15 is 0 Å². The first kappa shape index (κ1) is 27.6. The lowest BCUT2D eigenvalue weighted by Gasteiger charge is -2.08. The molecule has 192 valence electrons. The molecule has 1 saturated heterocycles. The van der Waals surface area contributed by atoms with Crippen molar-refractivity contribution in [3.8, 4) is 16.9 Å². The molecule has 1 aliphatic rings. The van der Waals surface area contributed by atoms with Crippen molar-refractivity contribution < 1.29 is 14.3 Å². The second-order valence-electron chi connectivity index (χ2n) is 8.25. The maximum absolute atomic E-state index is 10.4. The van der Waals surface area contributed by atoms with Crippen molar-refractivity contribution in [2.75, 3.05) is 25.6 Å². The molecule has 37 heavy (non-hydrogen) atoms. The van der Waals surface area contributed by atoms with Crippen LogP contribution in [0.2, 0.25) is 0 Å². The second kappa shape index (κ2) is 15.2. The summed E-state index contributed by atoms with van der Waals surface area (Å²) < 4.78 is 12.7. The van der Waals surface area contributed by atoms with Crippen LogP contribution in [0.1, 0.15) is 29.3 Å². The smallest absolute Gasteiger partial charge is 0.207 e. The molecule has 0 radical (unpaired) electrons. The number of hydrogen-bond acceptors (Lipinski definition) is 5. The van der Waals surface area contributed by atoms with Gasteiger partial charge in [-0.25, -0.2) is 4.98 Å². The van der Waals surface area contributed by atoms with Crippen molar-refractivity contribution in [1.29, 1.82) is 0 Å². The van der Waals surface area contributed by atoms with Crippen molar-refractivity contribution in [3.63, 3.8) is 0 Å². The first-order valence-electron chi connectivity index (χ1n) is 12.4. The largest absolute Gasteiger partial charge is 0.358 e. The summed E-state index contributed by atoms with van der Waals surface area (Å²) in [7, 11) is 1.89. The number of nitrogens with one attached hydrogen (secondary N) is 1. The van der Waals surface area contributed by atoms with Crippen LogP contribution in [0.3, 0.4) is 0 Å². The zero-order chi connectivity index (χ0) is 26.3. The molecule has 0 aliphatic carbocycles. The number of aromatic nitrogens is 2. The lowest BCUT2D eigenvalue weighted by Crippen LogP contribution is -2.08. The van der Waals surface area contributed by atoms with E-state index < -0.39 is 0 Å². The van der Waals surface area contributed by atoms with E-state index in [0.717, 1.165) is 42.0 Å². The molecule has 1 aliphatic heterocycles. The van der Waals surface area contributed by atoms with Crippen LogP contribution in [-0.2, 0) is 15.9 Å². The molecule has 0 atom stereocenters. The molecule has 0 saturated carbocycles. The van der Waals surface area contributed by atoms with Crippen LogP contribution in [-0.4, -0.2) is 42.4 Å². The molecule has 1 fully saturated rings. The van der Waals surface area contributed by atoms with Crippen molar-refractivity contribution in [2.24, 2.45) is 0 Å². The number of imidazole rings is 1. The lowest BCUT2D eigenvalue weighted by molar-refractivity contribution is -0.0462. The van der Waals surface area contributed by atoms with Gasteiger partial charge in [0, 0.05) is 36.5 Å². The number of aryl methyl sites for hydroxylation is 1. The molecule has 6 nitrogen and oxygen atoms in total. The third kappa shape index (κ3) is 8.56. The Kier molecular flexibility index (Phi) is 11.3. The normalized spacial score (nSPS) is 12.5. The molecule has 0 bridgehead atoms. The number of hydrogen-bond donors (Lipinski definition) is 1. The summed E-state index contributed by atoms with van der Waals surface area (Å²) in [5.41, 5.74) is 5.11. The van der Waals surface area contributed by atoms with Gasteiger partial charge in [-0.2, -0.15) is 0 Å². The lowest BCUT2D eigenvalue weighted by atomic mass is 10.1. The highest BCUT2D eigenvalue weighted by Gasteiger charge is 2.15. The number of carbonyl (C=O) groups is 1. The molecule has 5 rings (SSSR count). The highest BCUT2D eigenvalue weighted by atomic mass is 16.7. The molecule has 1 N–H and O–H groups in total. The van der Waals surface area contributed by atoms with Gasteiger partial charge in [0.2, 0.25) is 5.95 Å². The van der Waals surface area contributed by atoms with Gasteiger partial charge in [-0.15, -0.1) is 6.58 Å². The number of rotatable bonds is 7. The number of anilines is 1. The van der Waals surface area contributed by atoms with Gasteiger partial charge >= 0.3 is 0 Å². The van der Waals surface area contributed by atoms with Crippen molar-refractivity contribution in [2.45, 2.75) is 26.1 Å². The first-order valence-corrected chi connectivity index (χ1v) is 12.4. The van der Waals surface area contributed by atoms with Gasteiger partial charge in [-0.3, -0.25) is 9.36 Å². The monoisotopic (exact) mass is 497 g/mol. The number of para-hydroxylation sites is 1. The van der Waals surface area contributed by atoms with Crippen LogP contribution in [0.5, 0.6) is 0 Å². The van der Waals surface area contributed by atoms with Crippen LogP contribution in [0.25, 0.3) is 16.9 Å². The number of allylic oxidation sites excluding steroid dienone is 1. The molecule has 1 aromatic heterocycles. The molecule has 0 amide bonds. The van der Waals surface area contributed by atoms with Gasteiger partial charge < -0.3 is 14.8 Å². The Balaban J connectivity index is 0.000000190. The van der Waals surface area contributed by atoms with Crippen LogP contribution in [0, 0.1) is 0 Å². The SMILES string of the molecule is C=CC.CNc1nc(-c2ccccc2)cn1-c1ccccc1.O=Cc1ccc(CCC2OCCO2)cc1. The van der Waals surface area contributed by atoms with E-state index in [9.17, 15) is 4.79 Å². The van der Waals surface area contributed by atoms with Crippen LogP contribution in [0.15, 0.2) is 104 Å². The van der Waals surface area contributed by atoms with Crippen LogP contribution >= 0.6 is 0 Å². The van der Waals surface area contributed by atoms with Gasteiger partial charge in [0.1, 0.15) is 6.29 Å². The third-order valence-corrected chi connectivity index (χ3v) is 5.51. The Labute approximate surface area is 219 Å². The molecule has 2 heterocycles. The predicted molar refractivity (Wildman–Crippen MR) is 150 cm³/mol. The molecule has 0 spiro atoms. The average molecular weight is 498 g/mol. The Morgan fingerprint density at radius 1 is 0.973 bits per heavy atom. The Bertz CT molecular complexity index is 1200. The van der Waals surface area contributed by atoms with E-state index in [4.69, 9.17) is 9.47 Å². The maximum atomic E-state index is 10.4. The summed E-state index contributed by atoms with van der Waals surface area (Å²) >= 11 is 0. The third-order valence-electron chi connectivity index (χ3n) is 5.51. The van der Waals surface area contributed by atoms with E-state index in [-0.39, 0.29) is 6.29 Å². The molecule has 3 aromatic carbocycles. The maximum Gasteiger partial charge on any atom is 0.207 e. The minimum Gasteiger partial charge on any atom is -0.358 e. The van der Waals surface area contributed by atoms with E-state index in [1.165, 1.54) is 5.56 Å². The Hall–Kier alpha value is -4.00. The summed E-state index contributed by atoms with van der Waals surface area (Å²) in [6.07, 6.45) is 6.41. The number of nitrogens with zero attached hydrogens (tertiary/aromatic N) is 2. The highest BCUT2D eigenvalue weighted by Crippen LogP contribution is 2.23. The summed E-state index contributed by atoms with van der Waals surface area (Å²) in [6, 6.07) is 28.0. The highest BCUT2D eigenvalue weighted by molar-refractivity contribution is 5.74. The average Bonchev–Trinajstić information content (AvgIpc) is 3.64. The number of ether oxygens (including phenoxy) is 2. The van der Waals surface area contributed by atoms with Gasteiger partial charge in [-0.1, -0.05) is 78.9 Å². The van der Waals surface area contributed by atoms with E-state index in [0.29, 0.717) is 18.8 Å². The fourth-order valence-corrected chi connectivity index (χ4v) is 3.71.